The van der Waals surface area contributed by atoms with Crippen LogP contribution in [0.3, 0.4) is 0 Å². The van der Waals surface area contributed by atoms with Crippen LogP contribution >= 0.6 is 23.2 Å². The minimum Gasteiger partial charge on any atom is -0.399 e. The number of hydrogen-bond acceptors (Lipinski definition) is 1. The average Bonchev–Trinajstić information content (AvgIpc) is 2.28. The zero-order valence-corrected chi connectivity index (χ0v) is 10.5. The second-order valence-electron chi connectivity index (χ2n) is 3.67. The van der Waals surface area contributed by atoms with Gasteiger partial charge in [-0.15, -0.1) is 0 Å². The van der Waals surface area contributed by atoms with Crippen LogP contribution in [0.2, 0.25) is 10.0 Å². The molecule has 0 aliphatic rings. The molecule has 2 rings (SSSR count). The van der Waals surface area contributed by atoms with E-state index < -0.39 is 0 Å². The lowest BCUT2D eigenvalue weighted by Crippen LogP contribution is -1.83. The van der Waals surface area contributed by atoms with Crippen molar-refractivity contribution in [3.05, 3.63) is 63.6 Å². The van der Waals surface area contributed by atoms with Crippen molar-refractivity contribution in [2.75, 3.05) is 5.73 Å². The maximum absolute atomic E-state index is 6.07. The van der Waals surface area contributed by atoms with Crippen LogP contribution < -0.4 is 5.73 Å². The predicted octanol–water partition coefficient (Wildman–Crippen LogP) is 4.75. The van der Waals surface area contributed by atoms with Gasteiger partial charge in [-0.3, -0.25) is 0 Å². The highest BCUT2D eigenvalue weighted by atomic mass is 35.5. The van der Waals surface area contributed by atoms with E-state index in [0.717, 1.165) is 16.8 Å². The Balaban J connectivity index is 2.26. The summed E-state index contributed by atoms with van der Waals surface area (Å²) in [6.45, 7) is 0. The monoisotopic (exact) mass is 263 g/mol. The summed E-state index contributed by atoms with van der Waals surface area (Å²) in [6.07, 6.45) is 3.90. The van der Waals surface area contributed by atoms with Crippen molar-refractivity contribution in [1.29, 1.82) is 0 Å². The van der Waals surface area contributed by atoms with Crippen molar-refractivity contribution >= 4 is 41.0 Å². The molecule has 0 radical (unpaired) electrons. The van der Waals surface area contributed by atoms with Crippen LogP contribution in [0.1, 0.15) is 11.1 Å². The van der Waals surface area contributed by atoms with Gasteiger partial charge >= 0.3 is 0 Å². The Morgan fingerprint density at radius 2 is 1.76 bits per heavy atom. The molecule has 0 aliphatic carbocycles. The molecule has 86 valence electrons. The Kier molecular flexibility index (Phi) is 3.72. The molecular formula is C14H11Cl2N. The molecule has 0 spiro atoms. The molecule has 0 saturated heterocycles. The van der Waals surface area contributed by atoms with E-state index >= 15 is 0 Å². The summed E-state index contributed by atoms with van der Waals surface area (Å²) >= 11 is 11.9. The third-order valence-corrected chi connectivity index (χ3v) is 2.89. The van der Waals surface area contributed by atoms with Crippen molar-refractivity contribution in [2.24, 2.45) is 0 Å². The molecule has 2 N–H and O–H groups in total. The summed E-state index contributed by atoms with van der Waals surface area (Å²) in [5.74, 6) is 0. The Morgan fingerprint density at radius 3 is 2.47 bits per heavy atom. The topological polar surface area (TPSA) is 26.0 Å². The highest BCUT2D eigenvalue weighted by Gasteiger charge is 1.97. The zero-order valence-electron chi connectivity index (χ0n) is 9.03. The van der Waals surface area contributed by atoms with Crippen LogP contribution in [0.25, 0.3) is 12.2 Å². The van der Waals surface area contributed by atoms with Gasteiger partial charge in [0.25, 0.3) is 0 Å². The molecule has 0 fully saturated rings. The fraction of sp³-hybridized carbons (Fsp3) is 0. The first-order valence-electron chi connectivity index (χ1n) is 5.14. The highest BCUT2D eigenvalue weighted by Crippen LogP contribution is 2.23. The summed E-state index contributed by atoms with van der Waals surface area (Å²) < 4.78 is 0. The van der Waals surface area contributed by atoms with Crippen molar-refractivity contribution in [2.45, 2.75) is 0 Å². The number of nitrogens with two attached hydrogens (primary N) is 1. The average molecular weight is 264 g/mol. The van der Waals surface area contributed by atoms with Gasteiger partial charge in [0.05, 0.1) is 0 Å². The molecule has 0 aromatic heterocycles. The summed E-state index contributed by atoms with van der Waals surface area (Å²) in [4.78, 5) is 0. The van der Waals surface area contributed by atoms with Gasteiger partial charge in [0, 0.05) is 15.7 Å². The number of benzene rings is 2. The molecule has 0 amide bonds. The third kappa shape index (κ3) is 3.26. The Hall–Kier alpha value is -1.44. The quantitative estimate of drug-likeness (QED) is 0.615. The van der Waals surface area contributed by atoms with Crippen molar-refractivity contribution < 1.29 is 0 Å². The largest absolute Gasteiger partial charge is 0.399 e. The fourth-order valence-electron chi connectivity index (χ4n) is 1.49. The van der Waals surface area contributed by atoms with E-state index in [1.54, 1.807) is 6.07 Å². The van der Waals surface area contributed by atoms with Gasteiger partial charge in [-0.05, 0) is 35.4 Å². The maximum Gasteiger partial charge on any atom is 0.0493 e. The Labute approximate surface area is 110 Å². The maximum atomic E-state index is 6.07. The van der Waals surface area contributed by atoms with E-state index in [4.69, 9.17) is 28.9 Å². The molecule has 2 aromatic carbocycles. The summed E-state index contributed by atoms with van der Waals surface area (Å²) in [7, 11) is 0. The Bertz CT molecular complexity index is 562. The van der Waals surface area contributed by atoms with Crippen LogP contribution in [0.4, 0.5) is 5.69 Å². The van der Waals surface area contributed by atoms with Gasteiger partial charge in [-0.25, -0.2) is 0 Å². The van der Waals surface area contributed by atoms with E-state index in [-0.39, 0.29) is 0 Å². The van der Waals surface area contributed by atoms with Gasteiger partial charge in [0.15, 0.2) is 0 Å². The summed E-state index contributed by atoms with van der Waals surface area (Å²) in [6, 6.07) is 13.1. The van der Waals surface area contributed by atoms with Crippen molar-refractivity contribution in [3.8, 4) is 0 Å². The lowest BCUT2D eigenvalue weighted by Gasteiger charge is -1.99. The lowest BCUT2D eigenvalue weighted by molar-refractivity contribution is 1.63. The summed E-state index contributed by atoms with van der Waals surface area (Å²) in [5, 5.41) is 1.27. The van der Waals surface area contributed by atoms with Gasteiger partial charge < -0.3 is 5.73 Å². The number of rotatable bonds is 2. The molecule has 0 bridgehead atoms. The molecule has 1 nitrogen and oxygen atoms in total. The van der Waals surface area contributed by atoms with Gasteiger partial charge in [0.1, 0.15) is 0 Å². The number of nitrogen functional groups attached to an aromatic ring is 1. The van der Waals surface area contributed by atoms with Crippen LogP contribution in [0.15, 0.2) is 42.5 Å². The van der Waals surface area contributed by atoms with Crippen LogP contribution in [0, 0.1) is 0 Å². The van der Waals surface area contributed by atoms with E-state index in [9.17, 15) is 0 Å². The van der Waals surface area contributed by atoms with Gasteiger partial charge in [-0.1, -0.05) is 53.6 Å². The number of hydrogen-bond donors (Lipinski definition) is 1. The standard InChI is InChI=1S/C14H11Cl2N/c15-12-7-6-11(14(16)9-12)5-4-10-2-1-3-13(17)8-10/h1-9H,17H2. The highest BCUT2D eigenvalue weighted by molar-refractivity contribution is 6.35. The van der Waals surface area contributed by atoms with Crippen LogP contribution in [-0.2, 0) is 0 Å². The molecule has 0 unspecified atom stereocenters. The molecule has 2 aromatic rings. The van der Waals surface area contributed by atoms with E-state index in [0.29, 0.717) is 10.0 Å². The fourth-order valence-corrected chi connectivity index (χ4v) is 1.96. The minimum atomic E-state index is 0.635. The summed E-state index contributed by atoms with van der Waals surface area (Å²) in [5.41, 5.74) is 8.41. The normalized spacial score (nSPS) is 10.9. The first-order valence-corrected chi connectivity index (χ1v) is 5.89. The first-order chi connectivity index (χ1) is 8.15. The van der Waals surface area contributed by atoms with Crippen LogP contribution in [-0.4, -0.2) is 0 Å². The molecule has 0 saturated carbocycles. The first kappa shape index (κ1) is 12.0. The molecule has 0 aliphatic heterocycles. The van der Waals surface area contributed by atoms with E-state index in [1.807, 2.05) is 48.6 Å². The van der Waals surface area contributed by atoms with Gasteiger partial charge in [-0.2, -0.15) is 0 Å². The lowest BCUT2D eigenvalue weighted by atomic mass is 10.1. The molecular weight excluding hydrogens is 253 g/mol. The Morgan fingerprint density at radius 1 is 0.941 bits per heavy atom. The molecule has 3 heteroatoms. The van der Waals surface area contributed by atoms with Crippen molar-refractivity contribution in [3.63, 3.8) is 0 Å². The predicted molar refractivity (Wildman–Crippen MR) is 76.2 cm³/mol. The van der Waals surface area contributed by atoms with E-state index in [1.165, 1.54) is 0 Å². The smallest absolute Gasteiger partial charge is 0.0493 e. The number of halogens is 2. The van der Waals surface area contributed by atoms with Crippen LogP contribution in [0.5, 0.6) is 0 Å². The SMILES string of the molecule is Nc1cccc(C=Cc2ccc(Cl)cc2Cl)c1. The number of anilines is 1. The van der Waals surface area contributed by atoms with Crippen molar-refractivity contribution in [1.82, 2.24) is 0 Å². The van der Waals surface area contributed by atoms with E-state index in [2.05, 4.69) is 0 Å². The second kappa shape index (κ2) is 5.26. The van der Waals surface area contributed by atoms with Gasteiger partial charge in [0.2, 0.25) is 0 Å². The molecule has 0 atom stereocenters. The molecule has 0 heterocycles. The zero-order chi connectivity index (χ0) is 12.3. The second-order valence-corrected chi connectivity index (χ2v) is 4.51. The molecule has 17 heavy (non-hydrogen) atoms. The third-order valence-electron chi connectivity index (χ3n) is 2.33. The minimum absolute atomic E-state index is 0.635.